The van der Waals surface area contributed by atoms with Crippen molar-refractivity contribution in [3.8, 4) is 0 Å². The Hall–Kier alpha value is -1.62. The second-order valence-corrected chi connectivity index (χ2v) is 5.24. The molecule has 5 nitrogen and oxygen atoms in total. The molecule has 4 N–H and O–H groups in total. The van der Waals surface area contributed by atoms with Gasteiger partial charge in [0.05, 0.1) is 12.2 Å². The van der Waals surface area contributed by atoms with Crippen molar-refractivity contribution < 1.29 is 5.11 Å². The van der Waals surface area contributed by atoms with Crippen molar-refractivity contribution in [3.63, 3.8) is 0 Å². The fraction of sp³-hybridized carbons (Fsp3) is 0.571. The van der Waals surface area contributed by atoms with E-state index in [1.54, 1.807) is 0 Å². The molecule has 0 spiro atoms. The first-order chi connectivity index (χ1) is 9.04. The summed E-state index contributed by atoms with van der Waals surface area (Å²) in [5, 5.41) is 17.0. The molecule has 5 heteroatoms. The summed E-state index contributed by atoms with van der Waals surface area (Å²) in [4.78, 5) is 6.72. The number of aromatic nitrogens is 1. The van der Waals surface area contributed by atoms with Crippen molar-refractivity contribution in [1.82, 2.24) is 4.98 Å². The molecular weight excluding hydrogens is 240 g/mol. The highest BCUT2D eigenvalue weighted by atomic mass is 16.3. The van der Waals surface area contributed by atoms with Gasteiger partial charge >= 0.3 is 0 Å². The fourth-order valence-corrected chi connectivity index (χ4v) is 2.59. The molecule has 1 heterocycles. The van der Waals surface area contributed by atoms with Crippen LogP contribution in [0.3, 0.4) is 0 Å². The molecule has 0 atom stereocenters. The zero-order valence-corrected chi connectivity index (χ0v) is 11.6. The highest BCUT2D eigenvalue weighted by Crippen LogP contribution is 2.28. The summed E-state index contributed by atoms with van der Waals surface area (Å²) in [5.74, 6) is 0.776. The Balaban J connectivity index is 2.50. The smallest absolute Gasteiger partial charge is 0.140 e. The molecule has 0 aromatic carbocycles. The zero-order chi connectivity index (χ0) is 14.0. The number of nitrogens with zero attached hydrogens (tertiary/aromatic N) is 2. The average Bonchev–Trinajstić information content (AvgIpc) is 2.81. The Morgan fingerprint density at radius 1 is 1.53 bits per heavy atom. The van der Waals surface area contributed by atoms with Gasteiger partial charge in [-0.2, -0.15) is 0 Å². The SMILES string of the molecule is CC(C)N(CCO)c1nc2c(cc1C(=N)N)CCC2. The highest BCUT2D eigenvalue weighted by molar-refractivity contribution is 6.00. The minimum absolute atomic E-state index is 0.0424. The number of hydrogen-bond donors (Lipinski definition) is 3. The minimum Gasteiger partial charge on any atom is -0.395 e. The van der Waals surface area contributed by atoms with Crippen LogP contribution in [0.15, 0.2) is 6.07 Å². The Morgan fingerprint density at radius 2 is 2.26 bits per heavy atom. The molecule has 0 aliphatic heterocycles. The molecule has 0 unspecified atom stereocenters. The van der Waals surface area contributed by atoms with E-state index in [0.29, 0.717) is 12.1 Å². The van der Waals surface area contributed by atoms with Crippen LogP contribution >= 0.6 is 0 Å². The van der Waals surface area contributed by atoms with Gasteiger partial charge in [-0.3, -0.25) is 5.41 Å². The first-order valence-electron chi connectivity index (χ1n) is 6.79. The lowest BCUT2D eigenvalue weighted by atomic mass is 10.1. The van der Waals surface area contributed by atoms with E-state index in [9.17, 15) is 5.11 Å². The number of rotatable bonds is 5. The number of anilines is 1. The average molecular weight is 262 g/mol. The molecule has 1 aromatic rings. The van der Waals surface area contributed by atoms with E-state index in [-0.39, 0.29) is 18.5 Å². The standard InChI is InChI=1S/C14H22N4O/c1-9(2)18(6-7-19)14-11(13(15)16)8-10-4-3-5-12(10)17-14/h8-9,19H,3-7H2,1-2H3,(H3,15,16). The van der Waals surface area contributed by atoms with E-state index in [1.165, 1.54) is 5.56 Å². The third-order valence-electron chi connectivity index (χ3n) is 3.56. The number of hydrogen-bond acceptors (Lipinski definition) is 4. The lowest BCUT2D eigenvalue weighted by Crippen LogP contribution is -2.36. The highest BCUT2D eigenvalue weighted by Gasteiger charge is 2.22. The van der Waals surface area contributed by atoms with E-state index in [2.05, 4.69) is 13.8 Å². The Labute approximate surface area is 114 Å². The van der Waals surface area contributed by atoms with E-state index in [0.717, 1.165) is 30.8 Å². The van der Waals surface area contributed by atoms with Crippen molar-refractivity contribution in [2.45, 2.75) is 39.2 Å². The van der Waals surface area contributed by atoms with E-state index in [4.69, 9.17) is 16.1 Å². The second-order valence-electron chi connectivity index (χ2n) is 5.24. The third kappa shape index (κ3) is 2.71. The number of nitrogens with one attached hydrogen (secondary N) is 1. The van der Waals surface area contributed by atoms with Crippen molar-refractivity contribution in [1.29, 1.82) is 5.41 Å². The molecule has 1 aromatic heterocycles. The van der Waals surface area contributed by atoms with Crippen molar-refractivity contribution in [2.75, 3.05) is 18.1 Å². The summed E-state index contributed by atoms with van der Waals surface area (Å²) >= 11 is 0. The molecule has 1 aliphatic rings. The summed E-state index contributed by atoms with van der Waals surface area (Å²) in [5.41, 5.74) is 8.70. The van der Waals surface area contributed by atoms with Gasteiger partial charge in [-0.15, -0.1) is 0 Å². The van der Waals surface area contributed by atoms with Crippen molar-refractivity contribution in [3.05, 3.63) is 22.9 Å². The lowest BCUT2D eigenvalue weighted by Gasteiger charge is -2.29. The predicted octanol–water partition coefficient (Wildman–Crippen LogP) is 1.06. The lowest BCUT2D eigenvalue weighted by molar-refractivity contribution is 0.298. The minimum atomic E-state index is 0.0424. The number of nitrogen functional groups attached to an aromatic ring is 1. The van der Waals surface area contributed by atoms with Crippen LogP contribution in [0, 0.1) is 5.41 Å². The molecule has 0 radical (unpaired) electrons. The van der Waals surface area contributed by atoms with Gasteiger partial charge in [0.2, 0.25) is 0 Å². The molecular formula is C14H22N4O. The van der Waals surface area contributed by atoms with Crippen LogP contribution in [0.25, 0.3) is 0 Å². The molecule has 0 amide bonds. The van der Waals surface area contributed by atoms with Crippen molar-refractivity contribution in [2.24, 2.45) is 5.73 Å². The number of nitrogens with two attached hydrogens (primary N) is 1. The van der Waals surface area contributed by atoms with E-state index >= 15 is 0 Å². The number of aryl methyl sites for hydroxylation is 2. The van der Waals surface area contributed by atoms with Gasteiger partial charge in [-0.25, -0.2) is 4.98 Å². The molecule has 0 fully saturated rings. The first-order valence-corrected chi connectivity index (χ1v) is 6.79. The van der Waals surface area contributed by atoms with Crippen LogP contribution in [0.5, 0.6) is 0 Å². The molecule has 0 bridgehead atoms. The van der Waals surface area contributed by atoms with E-state index < -0.39 is 0 Å². The van der Waals surface area contributed by atoms with Gasteiger partial charge < -0.3 is 15.7 Å². The monoisotopic (exact) mass is 262 g/mol. The molecule has 1 aliphatic carbocycles. The number of amidine groups is 1. The topological polar surface area (TPSA) is 86.2 Å². The van der Waals surface area contributed by atoms with Gasteiger partial charge in [0.25, 0.3) is 0 Å². The largest absolute Gasteiger partial charge is 0.395 e. The Bertz CT molecular complexity index is 485. The number of aliphatic hydroxyl groups is 1. The Kier molecular flexibility index (Phi) is 4.04. The van der Waals surface area contributed by atoms with Crippen LogP contribution in [-0.4, -0.2) is 35.1 Å². The molecule has 0 saturated carbocycles. The quantitative estimate of drug-likeness (QED) is 0.547. The maximum atomic E-state index is 9.22. The third-order valence-corrected chi connectivity index (χ3v) is 3.56. The number of fused-ring (bicyclic) bond motifs is 1. The van der Waals surface area contributed by atoms with Gasteiger partial charge in [-0.05, 0) is 44.7 Å². The zero-order valence-electron chi connectivity index (χ0n) is 11.6. The van der Waals surface area contributed by atoms with Crippen molar-refractivity contribution >= 4 is 11.7 Å². The molecule has 2 rings (SSSR count). The van der Waals surface area contributed by atoms with Crippen LogP contribution in [0.4, 0.5) is 5.82 Å². The Morgan fingerprint density at radius 3 is 2.84 bits per heavy atom. The van der Waals surface area contributed by atoms with Gasteiger partial charge in [0.1, 0.15) is 11.7 Å². The van der Waals surface area contributed by atoms with Crippen LogP contribution < -0.4 is 10.6 Å². The summed E-state index contributed by atoms with van der Waals surface area (Å²) in [7, 11) is 0. The molecule has 19 heavy (non-hydrogen) atoms. The normalized spacial score (nSPS) is 13.7. The summed E-state index contributed by atoms with van der Waals surface area (Å²) in [6, 6.07) is 2.21. The summed E-state index contributed by atoms with van der Waals surface area (Å²) in [6.07, 6.45) is 3.13. The predicted molar refractivity (Wildman–Crippen MR) is 76.8 cm³/mol. The van der Waals surface area contributed by atoms with Gasteiger partial charge in [-0.1, -0.05) is 0 Å². The second kappa shape index (κ2) is 5.57. The molecule has 0 saturated heterocycles. The van der Waals surface area contributed by atoms with Gasteiger partial charge in [0, 0.05) is 18.3 Å². The van der Waals surface area contributed by atoms with Crippen LogP contribution in [0.1, 0.15) is 37.1 Å². The number of pyridine rings is 1. The van der Waals surface area contributed by atoms with E-state index in [1.807, 2.05) is 11.0 Å². The first kappa shape index (κ1) is 13.8. The van der Waals surface area contributed by atoms with Gasteiger partial charge in [0.15, 0.2) is 0 Å². The van der Waals surface area contributed by atoms with Crippen LogP contribution in [0.2, 0.25) is 0 Å². The maximum Gasteiger partial charge on any atom is 0.140 e. The fourth-order valence-electron chi connectivity index (χ4n) is 2.59. The van der Waals surface area contributed by atoms with Crippen LogP contribution in [-0.2, 0) is 12.8 Å². The number of aliphatic hydroxyl groups excluding tert-OH is 1. The summed E-state index contributed by atoms with van der Waals surface area (Å²) in [6.45, 7) is 4.67. The molecule has 104 valence electrons. The maximum absolute atomic E-state index is 9.22. The summed E-state index contributed by atoms with van der Waals surface area (Å²) < 4.78 is 0.